The third kappa shape index (κ3) is 4.14. The van der Waals surface area contributed by atoms with Crippen molar-refractivity contribution in [1.82, 2.24) is 9.97 Å². The predicted octanol–water partition coefficient (Wildman–Crippen LogP) is 4.46. The lowest BCUT2D eigenvalue weighted by Gasteiger charge is -2.14. The maximum absolute atomic E-state index is 10.3. The van der Waals surface area contributed by atoms with Gasteiger partial charge in [-0.1, -0.05) is 17.7 Å². The number of ether oxygens (including phenoxy) is 1. The van der Waals surface area contributed by atoms with E-state index in [2.05, 4.69) is 36.8 Å². The summed E-state index contributed by atoms with van der Waals surface area (Å²) >= 11 is 3.24. The molecule has 0 spiro atoms. The molecule has 0 aliphatic carbocycles. The van der Waals surface area contributed by atoms with Gasteiger partial charge in [0.1, 0.15) is 28.5 Å². The fraction of sp³-hybridized carbons (Fsp3) is 0.368. The van der Waals surface area contributed by atoms with E-state index in [0.29, 0.717) is 5.75 Å². The van der Waals surface area contributed by atoms with Gasteiger partial charge in [-0.25, -0.2) is 9.97 Å². The number of thioether (sulfide) groups is 1. The minimum atomic E-state index is -0.559. The van der Waals surface area contributed by atoms with Crippen molar-refractivity contribution in [3.05, 3.63) is 46.1 Å². The Hall–Kier alpha value is -1.63. The van der Waals surface area contributed by atoms with Crippen molar-refractivity contribution < 1.29 is 9.84 Å². The molecule has 25 heavy (non-hydrogen) atoms. The molecule has 2 heterocycles. The normalized spacial score (nSPS) is 12.5. The highest BCUT2D eigenvalue weighted by Gasteiger charge is 2.14. The molecular formula is C19H22N2O2S2. The Balaban J connectivity index is 1.62. The van der Waals surface area contributed by atoms with E-state index in [-0.39, 0.29) is 6.61 Å². The Morgan fingerprint density at radius 1 is 1.20 bits per heavy atom. The molecule has 0 fully saturated rings. The maximum atomic E-state index is 10.3. The number of hydrogen-bond donors (Lipinski definition) is 1. The second kappa shape index (κ2) is 7.72. The molecule has 0 saturated heterocycles. The third-order valence-electron chi connectivity index (χ3n) is 4.10. The Morgan fingerprint density at radius 2 is 2.00 bits per heavy atom. The van der Waals surface area contributed by atoms with E-state index in [4.69, 9.17) is 4.74 Å². The Labute approximate surface area is 156 Å². The smallest absolute Gasteiger partial charge is 0.128 e. The van der Waals surface area contributed by atoms with Crippen LogP contribution in [0.15, 0.2) is 29.6 Å². The number of aromatic nitrogens is 2. The van der Waals surface area contributed by atoms with Gasteiger partial charge in [0, 0.05) is 16.0 Å². The van der Waals surface area contributed by atoms with E-state index in [9.17, 15) is 5.11 Å². The second-order valence-corrected chi connectivity index (χ2v) is 8.40. The Bertz CT molecular complexity index is 893. The molecule has 132 valence electrons. The van der Waals surface area contributed by atoms with Gasteiger partial charge >= 0.3 is 0 Å². The molecular weight excluding hydrogens is 352 g/mol. The van der Waals surface area contributed by atoms with Crippen molar-refractivity contribution in [1.29, 1.82) is 0 Å². The van der Waals surface area contributed by atoms with Gasteiger partial charge in [-0.3, -0.25) is 0 Å². The van der Waals surface area contributed by atoms with Crippen molar-refractivity contribution in [2.75, 3.05) is 12.4 Å². The number of fused-ring (bicyclic) bond motifs is 1. The molecule has 6 heteroatoms. The van der Waals surface area contributed by atoms with Crippen LogP contribution in [0.4, 0.5) is 0 Å². The summed E-state index contributed by atoms with van der Waals surface area (Å²) in [5, 5.41) is 12.3. The van der Waals surface area contributed by atoms with Crippen molar-refractivity contribution in [2.45, 2.75) is 38.8 Å². The molecule has 0 radical (unpaired) electrons. The van der Waals surface area contributed by atoms with E-state index in [1.165, 1.54) is 16.0 Å². The summed E-state index contributed by atoms with van der Waals surface area (Å²) < 4.78 is 5.76. The molecule has 0 aliphatic rings. The predicted molar refractivity (Wildman–Crippen MR) is 105 cm³/mol. The lowest BCUT2D eigenvalue weighted by Crippen LogP contribution is -2.20. The molecule has 3 aromatic rings. The van der Waals surface area contributed by atoms with Crippen molar-refractivity contribution in [2.24, 2.45) is 0 Å². The maximum Gasteiger partial charge on any atom is 0.128 e. The summed E-state index contributed by atoms with van der Waals surface area (Å²) in [4.78, 5) is 11.0. The van der Waals surface area contributed by atoms with Gasteiger partial charge in [0.25, 0.3) is 0 Å². The molecule has 1 aromatic carbocycles. The van der Waals surface area contributed by atoms with E-state index < -0.39 is 6.10 Å². The zero-order valence-electron chi connectivity index (χ0n) is 14.9. The van der Waals surface area contributed by atoms with Gasteiger partial charge in [-0.2, -0.15) is 0 Å². The summed E-state index contributed by atoms with van der Waals surface area (Å²) in [6.45, 7) is 8.54. The summed E-state index contributed by atoms with van der Waals surface area (Å²) in [5.74, 6) is 1.36. The minimum Gasteiger partial charge on any atom is -0.491 e. The van der Waals surface area contributed by atoms with Crippen LogP contribution < -0.4 is 4.74 Å². The molecule has 0 saturated carbocycles. The van der Waals surface area contributed by atoms with Crippen LogP contribution in [-0.2, 0) is 0 Å². The number of rotatable bonds is 6. The fourth-order valence-corrected chi connectivity index (χ4v) is 4.65. The van der Waals surface area contributed by atoms with Gasteiger partial charge in [-0.15, -0.1) is 23.1 Å². The van der Waals surface area contributed by atoms with E-state index in [1.54, 1.807) is 29.4 Å². The molecule has 3 rings (SSSR count). The van der Waals surface area contributed by atoms with Crippen molar-refractivity contribution in [3.63, 3.8) is 0 Å². The van der Waals surface area contributed by atoms with Crippen LogP contribution >= 0.6 is 23.1 Å². The highest BCUT2D eigenvalue weighted by molar-refractivity contribution is 7.99. The molecule has 1 unspecified atom stereocenters. The van der Waals surface area contributed by atoms with Gasteiger partial charge in [0.05, 0.1) is 6.10 Å². The summed E-state index contributed by atoms with van der Waals surface area (Å²) in [5.41, 5.74) is 3.51. The van der Waals surface area contributed by atoms with Crippen LogP contribution in [-0.4, -0.2) is 33.5 Å². The zero-order valence-corrected chi connectivity index (χ0v) is 16.5. The number of aliphatic hydroxyl groups is 1. The van der Waals surface area contributed by atoms with Crippen LogP contribution in [0, 0.1) is 27.7 Å². The number of thiophene rings is 1. The second-order valence-electron chi connectivity index (χ2n) is 6.19. The number of aryl methyl sites for hydroxylation is 4. The van der Waals surface area contributed by atoms with Crippen LogP contribution in [0.25, 0.3) is 10.2 Å². The molecule has 0 amide bonds. The molecule has 4 nitrogen and oxygen atoms in total. The average molecular weight is 375 g/mol. The number of nitrogens with zero attached hydrogens (tertiary/aromatic N) is 2. The van der Waals surface area contributed by atoms with Gasteiger partial charge in [0.2, 0.25) is 0 Å². The summed E-state index contributed by atoms with van der Waals surface area (Å²) in [7, 11) is 0. The minimum absolute atomic E-state index is 0.271. The highest BCUT2D eigenvalue weighted by Crippen LogP contribution is 2.34. The first kappa shape index (κ1) is 18.2. The molecule has 1 N–H and O–H groups in total. The molecule has 0 aliphatic heterocycles. The average Bonchev–Trinajstić information content (AvgIpc) is 2.87. The van der Waals surface area contributed by atoms with Gasteiger partial charge in [0.15, 0.2) is 0 Å². The number of benzene rings is 1. The highest BCUT2D eigenvalue weighted by atomic mass is 32.2. The SMILES string of the molecule is Cc1ccc(OCC(O)CSc2ncnc3sc(C)c(C)c23)c(C)c1. The Morgan fingerprint density at radius 3 is 2.76 bits per heavy atom. The molecule has 1 atom stereocenters. The van der Waals surface area contributed by atoms with Crippen LogP contribution in [0.1, 0.15) is 21.6 Å². The standard InChI is InChI=1S/C19H22N2O2S2/c1-11-5-6-16(12(2)7-11)23-8-15(22)9-24-18-17-13(3)14(4)25-19(17)21-10-20-18/h5-7,10,15,22H,8-9H2,1-4H3. The Kier molecular flexibility index (Phi) is 5.61. The monoisotopic (exact) mass is 374 g/mol. The van der Waals surface area contributed by atoms with E-state index >= 15 is 0 Å². The fourth-order valence-electron chi connectivity index (χ4n) is 2.63. The van der Waals surface area contributed by atoms with Crippen LogP contribution in [0.5, 0.6) is 5.75 Å². The summed E-state index contributed by atoms with van der Waals surface area (Å²) in [6, 6.07) is 6.05. The number of hydrogen-bond acceptors (Lipinski definition) is 6. The lowest BCUT2D eigenvalue weighted by molar-refractivity contribution is 0.126. The van der Waals surface area contributed by atoms with Crippen LogP contribution in [0.3, 0.4) is 0 Å². The topological polar surface area (TPSA) is 55.2 Å². The van der Waals surface area contributed by atoms with E-state index in [0.717, 1.165) is 26.6 Å². The molecule has 0 bridgehead atoms. The van der Waals surface area contributed by atoms with E-state index in [1.807, 2.05) is 19.1 Å². The van der Waals surface area contributed by atoms with Gasteiger partial charge in [-0.05, 0) is 44.9 Å². The third-order valence-corrected chi connectivity index (χ3v) is 6.35. The quantitative estimate of drug-likeness (QED) is 0.510. The first-order valence-corrected chi connectivity index (χ1v) is 9.97. The van der Waals surface area contributed by atoms with Crippen molar-refractivity contribution >= 4 is 33.3 Å². The first-order valence-electron chi connectivity index (χ1n) is 8.17. The van der Waals surface area contributed by atoms with Crippen molar-refractivity contribution in [3.8, 4) is 5.75 Å². The summed E-state index contributed by atoms with van der Waals surface area (Å²) in [6.07, 6.45) is 1.04. The van der Waals surface area contributed by atoms with Crippen LogP contribution in [0.2, 0.25) is 0 Å². The lowest BCUT2D eigenvalue weighted by atomic mass is 10.1. The van der Waals surface area contributed by atoms with Gasteiger partial charge < -0.3 is 9.84 Å². The largest absolute Gasteiger partial charge is 0.491 e. The molecule has 2 aromatic heterocycles. The zero-order chi connectivity index (χ0) is 18.0. The number of aliphatic hydroxyl groups excluding tert-OH is 1. The first-order chi connectivity index (χ1) is 12.0.